The number of aromatic nitrogens is 3. The van der Waals surface area contributed by atoms with Gasteiger partial charge in [-0.15, -0.1) is 0 Å². The van der Waals surface area contributed by atoms with Gasteiger partial charge in [0.15, 0.2) is 0 Å². The van der Waals surface area contributed by atoms with Gasteiger partial charge in [-0.2, -0.15) is 4.98 Å². The minimum absolute atomic E-state index is 0.178. The number of hydrogen-bond acceptors (Lipinski definition) is 3. The summed E-state index contributed by atoms with van der Waals surface area (Å²) in [7, 11) is 0. The van der Waals surface area contributed by atoms with Crippen molar-refractivity contribution in [3.63, 3.8) is 0 Å². The van der Waals surface area contributed by atoms with Crippen molar-refractivity contribution in [3.8, 4) is 0 Å². The van der Waals surface area contributed by atoms with Crippen molar-refractivity contribution in [2.24, 2.45) is 0 Å². The standard InChI is InChI=1S/C6H6N4O/c7-4-3-10-2-1-5(11)9-6(10)8-4/h1-3H,7H2,(H,8,9,11). The Morgan fingerprint density at radius 1 is 1.64 bits per heavy atom. The molecular weight excluding hydrogens is 144 g/mol. The minimum Gasteiger partial charge on any atom is -0.382 e. The lowest BCUT2D eigenvalue weighted by Crippen LogP contribution is -2.05. The Morgan fingerprint density at radius 3 is 3.27 bits per heavy atom. The largest absolute Gasteiger partial charge is 0.382 e. The number of hydrogen-bond donors (Lipinski definition) is 2. The lowest BCUT2D eigenvalue weighted by molar-refractivity contribution is 1.08. The van der Waals surface area contributed by atoms with Gasteiger partial charge < -0.3 is 5.73 Å². The first kappa shape index (κ1) is 5.96. The highest BCUT2D eigenvalue weighted by atomic mass is 16.1. The Morgan fingerprint density at radius 2 is 2.45 bits per heavy atom. The quantitative estimate of drug-likeness (QED) is 0.536. The summed E-state index contributed by atoms with van der Waals surface area (Å²) >= 11 is 0. The molecule has 5 heteroatoms. The maximum Gasteiger partial charge on any atom is 0.252 e. The fourth-order valence-electron chi connectivity index (χ4n) is 0.919. The van der Waals surface area contributed by atoms with Gasteiger partial charge in [-0.1, -0.05) is 0 Å². The maximum absolute atomic E-state index is 10.7. The van der Waals surface area contributed by atoms with Crippen LogP contribution in [0.1, 0.15) is 0 Å². The first-order chi connectivity index (χ1) is 5.25. The maximum atomic E-state index is 10.7. The lowest BCUT2D eigenvalue weighted by atomic mass is 10.6. The van der Waals surface area contributed by atoms with Crippen LogP contribution in [-0.2, 0) is 0 Å². The zero-order valence-electron chi connectivity index (χ0n) is 5.61. The highest BCUT2D eigenvalue weighted by Gasteiger charge is 1.95. The summed E-state index contributed by atoms with van der Waals surface area (Å²) in [4.78, 5) is 17.1. The molecule has 0 amide bonds. The van der Waals surface area contributed by atoms with Crippen LogP contribution in [0.2, 0.25) is 0 Å². The van der Waals surface area contributed by atoms with Gasteiger partial charge in [0.2, 0.25) is 5.78 Å². The topological polar surface area (TPSA) is 76.2 Å². The van der Waals surface area contributed by atoms with E-state index in [-0.39, 0.29) is 5.56 Å². The lowest BCUT2D eigenvalue weighted by Gasteiger charge is -1.87. The molecule has 5 nitrogen and oxygen atoms in total. The van der Waals surface area contributed by atoms with Gasteiger partial charge in [0.05, 0.1) is 6.20 Å². The summed E-state index contributed by atoms with van der Waals surface area (Å²) in [6.45, 7) is 0. The summed E-state index contributed by atoms with van der Waals surface area (Å²) < 4.78 is 1.65. The average Bonchev–Trinajstić information content (AvgIpc) is 2.27. The number of imidazole rings is 1. The monoisotopic (exact) mass is 150 g/mol. The summed E-state index contributed by atoms with van der Waals surface area (Å²) in [6.07, 6.45) is 3.24. The molecule has 0 spiro atoms. The van der Waals surface area contributed by atoms with E-state index in [2.05, 4.69) is 9.97 Å². The summed E-state index contributed by atoms with van der Waals surface area (Å²) in [5.41, 5.74) is 5.21. The molecule has 0 saturated carbocycles. The van der Waals surface area contributed by atoms with Crippen LogP contribution in [-0.4, -0.2) is 14.4 Å². The number of nitrogen functional groups attached to an aromatic ring is 1. The molecule has 56 valence electrons. The van der Waals surface area contributed by atoms with Crippen LogP contribution in [0.3, 0.4) is 0 Å². The smallest absolute Gasteiger partial charge is 0.252 e. The molecule has 2 aromatic heterocycles. The van der Waals surface area contributed by atoms with Gasteiger partial charge in [-0.3, -0.25) is 14.2 Å². The molecule has 0 atom stereocenters. The molecule has 0 aliphatic rings. The van der Waals surface area contributed by atoms with Crippen molar-refractivity contribution >= 4 is 11.6 Å². The Hall–Kier alpha value is -1.78. The zero-order valence-corrected chi connectivity index (χ0v) is 5.61. The summed E-state index contributed by atoms with van der Waals surface area (Å²) in [5, 5.41) is 0. The van der Waals surface area contributed by atoms with E-state index in [9.17, 15) is 4.79 Å². The average molecular weight is 150 g/mol. The third kappa shape index (κ3) is 0.861. The van der Waals surface area contributed by atoms with Crippen LogP contribution < -0.4 is 11.3 Å². The Kier molecular flexibility index (Phi) is 1.00. The van der Waals surface area contributed by atoms with E-state index < -0.39 is 0 Å². The third-order valence-corrected chi connectivity index (χ3v) is 1.37. The second kappa shape index (κ2) is 1.85. The van der Waals surface area contributed by atoms with Crippen LogP contribution in [0.15, 0.2) is 23.3 Å². The highest BCUT2D eigenvalue weighted by molar-refractivity contribution is 5.39. The number of aromatic amines is 1. The van der Waals surface area contributed by atoms with Gasteiger partial charge in [-0.25, -0.2) is 0 Å². The molecule has 0 fully saturated rings. The molecule has 2 aromatic rings. The second-order valence-corrected chi connectivity index (χ2v) is 2.20. The van der Waals surface area contributed by atoms with Crippen LogP contribution in [0.25, 0.3) is 5.78 Å². The number of rotatable bonds is 0. The highest BCUT2D eigenvalue weighted by Crippen LogP contribution is 1.99. The van der Waals surface area contributed by atoms with Crippen molar-refractivity contribution < 1.29 is 0 Å². The zero-order chi connectivity index (χ0) is 7.84. The fraction of sp³-hybridized carbons (Fsp3) is 0. The second-order valence-electron chi connectivity index (χ2n) is 2.20. The number of anilines is 1. The van der Waals surface area contributed by atoms with Crippen molar-refractivity contribution in [2.45, 2.75) is 0 Å². The fourth-order valence-corrected chi connectivity index (χ4v) is 0.919. The molecule has 0 saturated heterocycles. The van der Waals surface area contributed by atoms with Gasteiger partial charge >= 0.3 is 0 Å². The number of nitrogens with two attached hydrogens (primary N) is 1. The Bertz CT molecular complexity index is 441. The summed E-state index contributed by atoms with van der Waals surface area (Å²) in [5.74, 6) is 0.863. The molecule has 0 unspecified atom stereocenters. The van der Waals surface area contributed by atoms with Gasteiger partial charge in [0, 0.05) is 12.3 Å². The van der Waals surface area contributed by atoms with Gasteiger partial charge in [-0.05, 0) is 0 Å². The first-order valence-electron chi connectivity index (χ1n) is 3.09. The number of fused-ring (bicyclic) bond motifs is 1. The SMILES string of the molecule is Nc1cn2ccc(=O)[nH]c2n1. The van der Waals surface area contributed by atoms with E-state index in [0.29, 0.717) is 11.6 Å². The molecule has 2 heterocycles. The van der Waals surface area contributed by atoms with E-state index in [1.165, 1.54) is 6.07 Å². The van der Waals surface area contributed by atoms with E-state index in [0.717, 1.165) is 0 Å². The molecule has 0 bridgehead atoms. The van der Waals surface area contributed by atoms with E-state index in [4.69, 9.17) is 5.73 Å². The van der Waals surface area contributed by atoms with Crippen molar-refractivity contribution in [1.82, 2.24) is 14.4 Å². The van der Waals surface area contributed by atoms with Crippen molar-refractivity contribution in [1.29, 1.82) is 0 Å². The molecular formula is C6H6N4O. The van der Waals surface area contributed by atoms with Crippen LogP contribution in [0, 0.1) is 0 Å². The van der Waals surface area contributed by atoms with E-state index in [1.54, 1.807) is 16.8 Å². The molecule has 2 rings (SSSR count). The predicted molar refractivity (Wildman–Crippen MR) is 40.2 cm³/mol. The molecule has 11 heavy (non-hydrogen) atoms. The third-order valence-electron chi connectivity index (χ3n) is 1.37. The van der Waals surface area contributed by atoms with E-state index in [1.807, 2.05) is 0 Å². The van der Waals surface area contributed by atoms with Crippen molar-refractivity contribution in [2.75, 3.05) is 5.73 Å². The molecule has 0 radical (unpaired) electrons. The minimum atomic E-state index is -0.178. The Balaban J connectivity index is 2.92. The van der Waals surface area contributed by atoms with Gasteiger partial charge in [0.1, 0.15) is 5.82 Å². The van der Waals surface area contributed by atoms with Crippen molar-refractivity contribution in [3.05, 3.63) is 28.8 Å². The number of nitrogens with one attached hydrogen (secondary N) is 1. The predicted octanol–water partition coefficient (Wildman–Crippen LogP) is -0.395. The molecule has 0 aliphatic heterocycles. The Labute approximate surface area is 61.5 Å². The van der Waals surface area contributed by atoms with Crippen LogP contribution in [0.4, 0.5) is 5.82 Å². The normalized spacial score (nSPS) is 10.5. The molecule has 0 aromatic carbocycles. The van der Waals surface area contributed by atoms with Crippen LogP contribution >= 0.6 is 0 Å². The molecule has 0 aliphatic carbocycles. The van der Waals surface area contributed by atoms with E-state index >= 15 is 0 Å². The molecule has 3 N–H and O–H groups in total. The summed E-state index contributed by atoms with van der Waals surface area (Å²) in [6, 6.07) is 1.41. The van der Waals surface area contributed by atoms with Crippen LogP contribution in [0.5, 0.6) is 0 Å². The number of H-pyrrole nitrogens is 1. The number of nitrogens with zero attached hydrogens (tertiary/aromatic N) is 2. The first-order valence-corrected chi connectivity index (χ1v) is 3.09. The van der Waals surface area contributed by atoms with Gasteiger partial charge in [0.25, 0.3) is 5.56 Å².